The second-order valence-electron chi connectivity index (χ2n) is 5.83. The van der Waals surface area contributed by atoms with Gasteiger partial charge in [-0.05, 0) is 30.3 Å². The number of hydrogen-bond donors (Lipinski definition) is 2. The number of esters is 1. The minimum Gasteiger partial charge on any atom is -0.469 e. The maximum Gasteiger partial charge on any atom is 0.311 e. The lowest BCUT2D eigenvalue weighted by Gasteiger charge is -2.09. The molecule has 0 spiro atoms. The van der Waals surface area contributed by atoms with E-state index in [2.05, 4.69) is 15.6 Å². The van der Waals surface area contributed by atoms with Gasteiger partial charge in [-0.1, -0.05) is 47.6 Å². The molecule has 0 bridgehead atoms. The van der Waals surface area contributed by atoms with Gasteiger partial charge in [-0.15, -0.1) is 0 Å². The lowest BCUT2D eigenvalue weighted by atomic mass is 10.2. The molecule has 0 radical (unpaired) electrons. The second-order valence-corrected chi connectivity index (χ2v) is 7.23. The first-order valence-electron chi connectivity index (χ1n) is 8.44. The lowest BCUT2D eigenvalue weighted by Crippen LogP contribution is -2.15. The van der Waals surface area contributed by atoms with Crippen molar-refractivity contribution in [2.45, 2.75) is 6.42 Å². The van der Waals surface area contributed by atoms with Gasteiger partial charge in [0.1, 0.15) is 0 Å². The number of amides is 1. The topological polar surface area (TPSA) is 79.8 Å². The number of ether oxygens (including phenoxy) is 1. The summed E-state index contributed by atoms with van der Waals surface area (Å²) in [5, 5.41) is 7.08. The zero-order valence-corrected chi connectivity index (χ0v) is 16.6. The number of para-hydroxylation sites is 3. The standard InChI is InChI=1S/C20H18ClN3O3S/c1-27-20(26)11-13-10-19(24-17-9-5-4-8-16(17)22-13)28-12-18(25)23-15-7-3-2-6-14(15)21/h2-10,22H,11-12H2,1H3,(H,23,25). The summed E-state index contributed by atoms with van der Waals surface area (Å²) in [5.41, 5.74) is 2.72. The third kappa shape index (κ3) is 5.37. The summed E-state index contributed by atoms with van der Waals surface area (Å²) in [6.45, 7) is 0. The van der Waals surface area contributed by atoms with Crippen LogP contribution in [0, 0.1) is 0 Å². The molecule has 28 heavy (non-hydrogen) atoms. The van der Waals surface area contributed by atoms with E-state index in [9.17, 15) is 9.59 Å². The highest BCUT2D eigenvalue weighted by Crippen LogP contribution is 2.31. The summed E-state index contributed by atoms with van der Waals surface area (Å²) >= 11 is 7.34. The number of thioether (sulfide) groups is 1. The summed E-state index contributed by atoms with van der Waals surface area (Å²) in [5.74, 6) is -0.415. The van der Waals surface area contributed by atoms with Crippen LogP contribution in [-0.2, 0) is 14.3 Å². The number of benzene rings is 2. The van der Waals surface area contributed by atoms with Gasteiger partial charge in [0, 0.05) is 5.70 Å². The van der Waals surface area contributed by atoms with E-state index in [-0.39, 0.29) is 24.1 Å². The number of rotatable bonds is 5. The van der Waals surface area contributed by atoms with Crippen LogP contribution in [0.4, 0.5) is 17.1 Å². The van der Waals surface area contributed by atoms with Crippen LogP contribution in [-0.4, -0.2) is 29.8 Å². The zero-order valence-electron chi connectivity index (χ0n) is 15.1. The minimum atomic E-state index is -0.362. The molecule has 0 saturated heterocycles. The normalized spacial score (nSPS) is 12.6. The van der Waals surface area contributed by atoms with Gasteiger partial charge >= 0.3 is 5.97 Å². The van der Waals surface area contributed by atoms with Crippen LogP contribution in [0.2, 0.25) is 5.02 Å². The molecule has 8 heteroatoms. The van der Waals surface area contributed by atoms with Crippen molar-refractivity contribution in [1.29, 1.82) is 0 Å². The molecule has 0 atom stereocenters. The smallest absolute Gasteiger partial charge is 0.311 e. The van der Waals surface area contributed by atoms with Gasteiger partial charge in [0.15, 0.2) is 0 Å². The van der Waals surface area contributed by atoms with Crippen LogP contribution in [0.15, 0.2) is 65.3 Å². The predicted molar refractivity (Wildman–Crippen MR) is 114 cm³/mol. The minimum absolute atomic E-state index is 0.0796. The van der Waals surface area contributed by atoms with Crippen molar-refractivity contribution in [1.82, 2.24) is 0 Å². The first kappa shape index (κ1) is 20.0. The van der Waals surface area contributed by atoms with Crippen LogP contribution in [0.3, 0.4) is 0 Å². The highest BCUT2D eigenvalue weighted by molar-refractivity contribution is 8.14. The molecule has 0 unspecified atom stereocenters. The molecule has 1 aliphatic heterocycles. The second kappa shape index (κ2) is 9.43. The summed E-state index contributed by atoms with van der Waals surface area (Å²) in [6, 6.07) is 14.5. The van der Waals surface area contributed by atoms with E-state index < -0.39 is 0 Å². The Balaban J connectivity index is 1.73. The Morgan fingerprint density at radius 3 is 2.71 bits per heavy atom. The monoisotopic (exact) mass is 415 g/mol. The molecule has 0 fully saturated rings. The Morgan fingerprint density at radius 1 is 1.18 bits per heavy atom. The Labute approximate surface area is 172 Å². The number of nitrogens with one attached hydrogen (secondary N) is 2. The molecule has 3 rings (SSSR count). The third-order valence-corrected chi connectivity index (χ3v) is 5.03. The fourth-order valence-electron chi connectivity index (χ4n) is 2.47. The van der Waals surface area contributed by atoms with Gasteiger partial charge in [-0.3, -0.25) is 9.59 Å². The van der Waals surface area contributed by atoms with E-state index in [1.54, 1.807) is 30.3 Å². The molecular formula is C20H18ClN3O3S. The summed E-state index contributed by atoms with van der Waals surface area (Å²) < 4.78 is 4.75. The molecule has 144 valence electrons. The first-order valence-corrected chi connectivity index (χ1v) is 9.81. The fraction of sp³-hybridized carbons (Fsp3) is 0.150. The van der Waals surface area contributed by atoms with Crippen LogP contribution in [0.5, 0.6) is 0 Å². The maximum atomic E-state index is 12.3. The van der Waals surface area contributed by atoms with Gasteiger partial charge < -0.3 is 15.4 Å². The molecule has 0 aliphatic carbocycles. The first-order chi connectivity index (χ1) is 13.5. The number of anilines is 2. The van der Waals surface area contributed by atoms with Gasteiger partial charge in [-0.25, -0.2) is 4.99 Å². The number of halogens is 1. The van der Waals surface area contributed by atoms with E-state index in [0.717, 1.165) is 11.4 Å². The Hall–Kier alpha value is -2.77. The highest BCUT2D eigenvalue weighted by atomic mass is 35.5. The summed E-state index contributed by atoms with van der Waals surface area (Å²) in [6.07, 6.45) is 1.83. The average molecular weight is 416 g/mol. The van der Waals surface area contributed by atoms with Crippen molar-refractivity contribution in [3.63, 3.8) is 0 Å². The SMILES string of the molecule is COC(=O)CC1=CC(SCC(=O)Nc2ccccc2Cl)=Nc2ccccc2N1. The van der Waals surface area contributed by atoms with Crippen LogP contribution in [0.25, 0.3) is 0 Å². The number of aliphatic imine (C=N–C) groups is 1. The van der Waals surface area contributed by atoms with Gasteiger partial charge in [0.05, 0.1) is 46.4 Å². The molecule has 1 aliphatic rings. The number of methoxy groups -OCH3 is 1. The molecule has 0 aromatic heterocycles. The number of hydrogen-bond acceptors (Lipinski definition) is 6. The zero-order chi connectivity index (χ0) is 19.9. The molecule has 2 aromatic rings. The largest absolute Gasteiger partial charge is 0.469 e. The average Bonchev–Trinajstić information content (AvgIpc) is 2.86. The molecule has 6 nitrogen and oxygen atoms in total. The summed E-state index contributed by atoms with van der Waals surface area (Å²) in [4.78, 5) is 28.6. The lowest BCUT2D eigenvalue weighted by molar-refractivity contribution is -0.139. The molecule has 1 heterocycles. The Kier molecular flexibility index (Phi) is 6.73. The maximum absolute atomic E-state index is 12.3. The van der Waals surface area contributed by atoms with Gasteiger partial charge in [-0.2, -0.15) is 0 Å². The van der Waals surface area contributed by atoms with Crippen molar-refractivity contribution < 1.29 is 14.3 Å². The number of carbonyl (C=O) groups excluding carboxylic acids is 2. The Bertz CT molecular complexity index is 959. The fourth-order valence-corrected chi connectivity index (χ4v) is 3.39. The van der Waals surface area contributed by atoms with Gasteiger partial charge in [0.25, 0.3) is 0 Å². The van der Waals surface area contributed by atoms with E-state index >= 15 is 0 Å². The number of fused-ring (bicyclic) bond motifs is 1. The number of nitrogens with zero attached hydrogens (tertiary/aromatic N) is 1. The quantitative estimate of drug-likeness (QED) is 0.697. The molecular weight excluding hydrogens is 398 g/mol. The van der Waals surface area contributed by atoms with E-state index in [1.807, 2.05) is 24.3 Å². The highest BCUT2D eigenvalue weighted by Gasteiger charge is 2.15. The van der Waals surface area contributed by atoms with Gasteiger partial charge in [0.2, 0.25) is 5.91 Å². The van der Waals surface area contributed by atoms with E-state index in [4.69, 9.17) is 16.3 Å². The van der Waals surface area contributed by atoms with Crippen molar-refractivity contribution in [3.05, 3.63) is 65.3 Å². The van der Waals surface area contributed by atoms with Crippen LogP contribution >= 0.6 is 23.4 Å². The number of carbonyl (C=O) groups is 2. The van der Waals surface area contributed by atoms with E-state index in [0.29, 0.717) is 21.5 Å². The van der Waals surface area contributed by atoms with Crippen molar-refractivity contribution in [3.8, 4) is 0 Å². The van der Waals surface area contributed by atoms with E-state index in [1.165, 1.54) is 18.9 Å². The van der Waals surface area contributed by atoms with Crippen molar-refractivity contribution >= 4 is 57.3 Å². The van der Waals surface area contributed by atoms with Crippen LogP contribution < -0.4 is 10.6 Å². The third-order valence-electron chi connectivity index (χ3n) is 3.79. The van der Waals surface area contributed by atoms with Crippen LogP contribution in [0.1, 0.15) is 6.42 Å². The molecule has 1 amide bonds. The van der Waals surface area contributed by atoms with Crippen molar-refractivity contribution in [2.24, 2.45) is 4.99 Å². The van der Waals surface area contributed by atoms with Crippen molar-refractivity contribution in [2.75, 3.05) is 23.5 Å². The Morgan fingerprint density at radius 2 is 1.93 bits per heavy atom. The molecule has 0 saturated carbocycles. The molecule has 2 N–H and O–H groups in total. The molecule has 2 aromatic carbocycles. The summed E-state index contributed by atoms with van der Waals surface area (Å²) in [7, 11) is 1.34. The predicted octanol–water partition coefficient (Wildman–Crippen LogP) is 4.61.